The Morgan fingerprint density at radius 3 is 2.34 bits per heavy atom. The van der Waals surface area contributed by atoms with Gasteiger partial charge in [-0.05, 0) is 62.1 Å². The van der Waals surface area contributed by atoms with Crippen LogP contribution in [0.5, 0.6) is 0 Å². The lowest BCUT2D eigenvalue weighted by Gasteiger charge is -2.62. The first-order valence-electron chi connectivity index (χ1n) is 13.3. The Morgan fingerprint density at radius 1 is 1.09 bits per heavy atom. The third-order valence-electron chi connectivity index (χ3n) is 9.35. The van der Waals surface area contributed by atoms with Gasteiger partial charge in [0.1, 0.15) is 6.10 Å². The summed E-state index contributed by atoms with van der Waals surface area (Å²) in [5.41, 5.74) is 0. The molecule has 1 aliphatic heterocycles. The van der Waals surface area contributed by atoms with Crippen LogP contribution in [0.3, 0.4) is 0 Å². The van der Waals surface area contributed by atoms with Gasteiger partial charge < -0.3 is 19.0 Å². The fourth-order valence-electron chi connectivity index (χ4n) is 6.60. The summed E-state index contributed by atoms with van der Waals surface area (Å²) in [6.45, 7) is 15.2. The van der Waals surface area contributed by atoms with Crippen molar-refractivity contribution < 1.29 is 19.0 Å². The minimum absolute atomic E-state index is 0.00334. The predicted molar refractivity (Wildman–Crippen MR) is 131 cm³/mol. The molecule has 0 amide bonds. The second-order valence-electron chi connectivity index (χ2n) is 12.3. The predicted octanol–water partition coefficient (Wildman–Crippen LogP) is 5.75. The number of hydrogen-bond acceptors (Lipinski definition) is 4. The number of rotatable bonds is 5. The molecule has 5 heteroatoms. The second-order valence-corrected chi connectivity index (χ2v) is 17.1. The van der Waals surface area contributed by atoms with Gasteiger partial charge in [-0.3, -0.25) is 0 Å². The molecule has 4 aliphatic rings. The number of hydrogen-bond donors (Lipinski definition) is 1. The molecule has 4 nitrogen and oxygen atoms in total. The standard InChI is InChI=1S/C27H46O4Si/c1-7-10-21-25-20(23(28)15-14-22(25)27(21)29-17-18-30-27)13-16-24(19-11-8-9-12-19)31-32(5,6)26(2,3)4/h19-25,28H,7-12,14-15,17-18H2,1-6H3/t20-,21?,22-,23+,24-,25-/m0/s1. The van der Waals surface area contributed by atoms with Crippen LogP contribution in [0, 0.1) is 41.4 Å². The molecular formula is C27H46O4Si. The van der Waals surface area contributed by atoms with Crippen molar-refractivity contribution in [1.82, 2.24) is 0 Å². The first-order chi connectivity index (χ1) is 15.1. The molecule has 3 aliphatic carbocycles. The van der Waals surface area contributed by atoms with Crippen molar-refractivity contribution in [2.75, 3.05) is 13.2 Å². The highest BCUT2D eigenvalue weighted by Crippen LogP contribution is 2.62. The Hall–Kier alpha value is -0.383. The van der Waals surface area contributed by atoms with Gasteiger partial charge in [-0.1, -0.05) is 58.8 Å². The van der Waals surface area contributed by atoms with Crippen molar-refractivity contribution >= 4 is 8.32 Å². The van der Waals surface area contributed by atoms with Crippen LogP contribution in [0.1, 0.15) is 79.1 Å². The van der Waals surface area contributed by atoms with E-state index in [4.69, 9.17) is 13.9 Å². The average molecular weight is 463 g/mol. The minimum atomic E-state index is -1.91. The van der Waals surface area contributed by atoms with Gasteiger partial charge in [0, 0.05) is 11.8 Å². The first kappa shape index (κ1) is 24.7. The van der Waals surface area contributed by atoms with Gasteiger partial charge in [0.15, 0.2) is 14.1 Å². The molecule has 0 bridgehead atoms. The highest BCUT2D eigenvalue weighted by Gasteiger charge is 2.68. The Morgan fingerprint density at radius 2 is 1.75 bits per heavy atom. The summed E-state index contributed by atoms with van der Waals surface area (Å²) in [6, 6.07) is 0. The lowest BCUT2D eigenvalue weighted by molar-refractivity contribution is -0.340. The van der Waals surface area contributed by atoms with Crippen LogP contribution in [0.25, 0.3) is 0 Å². The summed E-state index contributed by atoms with van der Waals surface area (Å²) in [4.78, 5) is 0. The van der Waals surface area contributed by atoms with Crippen molar-refractivity contribution in [3.05, 3.63) is 0 Å². The average Bonchev–Trinajstić information content (AvgIpc) is 3.42. The van der Waals surface area contributed by atoms with Crippen LogP contribution in [-0.2, 0) is 13.9 Å². The molecule has 3 saturated carbocycles. The van der Waals surface area contributed by atoms with Gasteiger partial charge >= 0.3 is 0 Å². The Bertz CT molecular complexity index is 705. The number of ether oxygens (including phenoxy) is 2. The number of aliphatic hydroxyl groups is 1. The maximum atomic E-state index is 11.0. The summed E-state index contributed by atoms with van der Waals surface area (Å²) in [6.07, 6.45) is 8.64. The summed E-state index contributed by atoms with van der Waals surface area (Å²) in [5.74, 6) is 8.51. The van der Waals surface area contributed by atoms with Crippen molar-refractivity contribution in [3.63, 3.8) is 0 Å². The van der Waals surface area contributed by atoms with E-state index >= 15 is 0 Å². The summed E-state index contributed by atoms with van der Waals surface area (Å²) >= 11 is 0. The van der Waals surface area contributed by atoms with Gasteiger partial charge in [-0.2, -0.15) is 0 Å². The lowest BCUT2D eigenvalue weighted by atomic mass is 9.49. The normalized spacial score (nSPS) is 35.8. The summed E-state index contributed by atoms with van der Waals surface area (Å²) < 4.78 is 19.4. The molecule has 182 valence electrons. The fraction of sp³-hybridized carbons (Fsp3) is 0.926. The van der Waals surface area contributed by atoms with Gasteiger partial charge in [-0.25, -0.2) is 0 Å². The Kier molecular flexibility index (Phi) is 7.22. The topological polar surface area (TPSA) is 47.9 Å². The van der Waals surface area contributed by atoms with E-state index in [0.717, 1.165) is 25.7 Å². The second kappa shape index (κ2) is 9.34. The molecule has 0 radical (unpaired) electrons. The molecule has 0 aromatic rings. The van der Waals surface area contributed by atoms with Crippen LogP contribution in [0.2, 0.25) is 18.1 Å². The maximum Gasteiger partial charge on any atom is 0.193 e. The molecule has 4 fully saturated rings. The van der Waals surface area contributed by atoms with Crippen molar-refractivity contribution in [2.24, 2.45) is 29.6 Å². The van der Waals surface area contributed by atoms with Crippen molar-refractivity contribution in [3.8, 4) is 11.8 Å². The number of aliphatic hydroxyl groups excluding tert-OH is 1. The Balaban J connectivity index is 1.58. The molecule has 1 saturated heterocycles. The zero-order valence-corrected chi connectivity index (χ0v) is 22.3. The highest BCUT2D eigenvalue weighted by atomic mass is 28.4. The van der Waals surface area contributed by atoms with E-state index in [9.17, 15) is 5.11 Å². The zero-order chi connectivity index (χ0) is 23.1. The van der Waals surface area contributed by atoms with Crippen LogP contribution in [0.15, 0.2) is 0 Å². The van der Waals surface area contributed by atoms with Crippen molar-refractivity contribution in [1.29, 1.82) is 0 Å². The van der Waals surface area contributed by atoms with Gasteiger partial charge in [0.25, 0.3) is 0 Å². The third kappa shape index (κ3) is 4.36. The molecule has 1 spiro atoms. The van der Waals surface area contributed by atoms with Crippen LogP contribution in [0.4, 0.5) is 0 Å². The van der Waals surface area contributed by atoms with E-state index in [1.807, 2.05) is 0 Å². The molecule has 0 aromatic carbocycles. The molecule has 4 rings (SSSR count). The molecule has 0 aromatic heterocycles. The SMILES string of the molecule is CCCC1[C@@H]2[C@@H](C#C[C@H](O[Si](C)(C)C(C)(C)C)C3CCCC3)[C@H](O)CC[C@@H]2C12OCCO2. The van der Waals surface area contributed by atoms with Crippen molar-refractivity contribution in [2.45, 2.75) is 115 Å². The summed E-state index contributed by atoms with van der Waals surface area (Å²) in [5, 5.41) is 11.2. The van der Waals surface area contributed by atoms with Gasteiger partial charge in [0.05, 0.1) is 25.2 Å². The molecule has 1 N–H and O–H groups in total. The van der Waals surface area contributed by atoms with Crippen LogP contribution >= 0.6 is 0 Å². The molecule has 1 unspecified atom stereocenters. The smallest absolute Gasteiger partial charge is 0.193 e. The molecular weight excluding hydrogens is 416 g/mol. The van der Waals surface area contributed by atoms with E-state index in [-0.39, 0.29) is 23.2 Å². The molecule has 6 atom stereocenters. The van der Waals surface area contributed by atoms with E-state index in [1.165, 1.54) is 25.7 Å². The highest BCUT2D eigenvalue weighted by molar-refractivity contribution is 6.74. The third-order valence-corrected chi connectivity index (χ3v) is 13.8. The fourth-order valence-corrected chi connectivity index (χ4v) is 7.84. The minimum Gasteiger partial charge on any atom is -0.403 e. The quantitative estimate of drug-likeness (QED) is 0.418. The lowest BCUT2D eigenvalue weighted by Crippen LogP contribution is -2.67. The maximum absolute atomic E-state index is 11.0. The molecule has 32 heavy (non-hydrogen) atoms. The van der Waals surface area contributed by atoms with Gasteiger partial charge in [0.2, 0.25) is 0 Å². The zero-order valence-electron chi connectivity index (χ0n) is 21.3. The van der Waals surface area contributed by atoms with Crippen LogP contribution < -0.4 is 0 Å². The number of fused-ring (bicyclic) bond motifs is 2. The van der Waals surface area contributed by atoms with Gasteiger partial charge in [-0.15, -0.1) is 0 Å². The van der Waals surface area contributed by atoms with E-state index < -0.39 is 14.1 Å². The van der Waals surface area contributed by atoms with Crippen LogP contribution in [-0.4, -0.2) is 44.6 Å². The monoisotopic (exact) mass is 462 g/mol. The largest absolute Gasteiger partial charge is 0.403 e. The Labute approximate surface area is 197 Å². The van der Waals surface area contributed by atoms with E-state index in [0.29, 0.717) is 36.9 Å². The first-order valence-corrected chi connectivity index (χ1v) is 16.2. The van der Waals surface area contributed by atoms with E-state index in [2.05, 4.69) is 52.6 Å². The summed E-state index contributed by atoms with van der Waals surface area (Å²) in [7, 11) is -1.91. The van der Waals surface area contributed by atoms with E-state index in [1.54, 1.807) is 0 Å². The molecule has 1 heterocycles.